The molecule has 1 aliphatic heterocycles. The summed E-state index contributed by atoms with van der Waals surface area (Å²) < 4.78 is 18.8. The lowest BCUT2D eigenvalue weighted by atomic mass is 10.0. The van der Waals surface area contributed by atoms with Gasteiger partial charge in [-0.1, -0.05) is 11.6 Å². The van der Waals surface area contributed by atoms with E-state index in [0.29, 0.717) is 24.7 Å². The van der Waals surface area contributed by atoms with Crippen LogP contribution in [0.4, 0.5) is 9.18 Å². The number of fused-ring (bicyclic) bond motifs is 1. The first-order valence-electron chi connectivity index (χ1n) is 10.6. The van der Waals surface area contributed by atoms with E-state index in [1.165, 1.54) is 13.3 Å². The maximum Gasteiger partial charge on any atom is 0.317 e. The van der Waals surface area contributed by atoms with Crippen molar-refractivity contribution in [3.8, 4) is 5.88 Å². The van der Waals surface area contributed by atoms with E-state index in [1.807, 2.05) is 24.3 Å². The van der Waals surface area contributed by atoms with Crippen LogP contribution in [-0.2, 0) is 6.54 Å². The number of aromatic nitrogens is 2. The van der Waals surface area contributed by atoms with E-state index in [2.05, 4.69) is 15.3 Å². The number of carbonyl (C=O) groups is 2. The minimum atomic E-state index is -0.687. The van der Waals surface area contributed by atoms with E-state index in [4.69, 9.17) is 16.3 Å². The van der Waals surface area contributed by atoms with E-state index in [0.717, 1.165) is 35.5 Å². The van der Waals surface area contributed by atoms with Crippen molar-refractivity contribution < 1.29 is 18.7 Å². The Morgan fingerprint density at radius 2 is 2.18 bits per heavy atom. The fourth-order valence-electron chi connectivity index (χ4n) is 4.05. The summed E-state index contributed by atoms with van der Waals surface area (Å²) in [5.41, 5.74) is 1.96. The number of H-pyrrole nitrogens is 1. The number of benzene rings is 1. The van der Waals surface area contributed by atoms with Gasteiger partial charge in [-0.2, -0.15) is 0 Å². The van der Waals surface area contributed by atoms with Crippen molar-refractivity contribution >= 4 is 34.4 Å². The molecule has 0 bridgehead atoms. The smallest absolute Gasteiger partial charge is 0.317 e. The number of halogens is 2. The summed E-state index contributed by atoms with van der Waals surface area (Å²) in [5, 5.41) is 4.55. The van der Waals surface area contributed by atoms with Crippen LogP contribution in [0, 0.1) is 5.82 Å². The molecule has 0 aliphatic carbocycles. The van der Waals surface area contributed by atoms with Crippen LogP contribution in [0.3, 0.4) is 0 Å². The maximum absolute atomic E-state index is 14.0. The van der Waals surface area contributed by atoms with Crippen LogP contribution in [-0.4, -0.2) is 65.0 Å². The number of nitrogens with zero attached hydrogens (tertiary/aromatic N) is 3. The fourth-order valence-corrected chi connectivity index (χ4v) is 4.23. The Kier molecular flexibility index (Phi) is 6.69. The van der Waals surface area contributed by atoms with Crippen molar-refractivity contribution in [1.82, 2.24) is 25.1 Å². The van der Waals surface area contributed by atoms with Gasteiger partial charge in [0.15, 0.2) is 5.82 Å². The zero-order valence-electron chi connectivity index (χ0n) is 18.4. The highest BCUT2D eigenvalue weighted by Gasteiger charge is 2.29. The standard InChI is InChI=1S/C23H25ClFN5O3/c1-29(23(32)27-12-17-9-14-8-16(24)5-6-20(14)28-17)18-4-3-7-30(13-18)22(31)15-10-19(25)21(33-2)26-11-15/h5-6,8-11,18,28H,3-4,7,12-13H2,1-2H3,(H,27,32)/t18-/m1/s1. The second-order valence-electron chi connectivity index (χ2n) is 8.06. The quantitative estimate of drug-likeness (QED) is 0.589. The number of aromatic amines is 1. The Morgan fingerprint density at radius 3 is 2.94 bits per heavy atom. The second kappa shape index (κ2) is 9.66. The number of ether oxygens (including phenoxy) is 1. The Labute approximate surface area is 195 Å². The van der Waals surface area contributed by atoms with Gasteiger partial charge in [-0.3, -0.25) is 4.79 Å². The lowest BCUT2D eigenvalue weighted by Gasteiger charge is -2.37. The molecular weight excluding hydrogens is 449 g/mol. The zero-order valence-corrected chi connectivity index (χ0v) is 19.2. The predicted octanol–water partition coefficient (Wildman–Crippen LogP) is 3.81. The molecule has 1 atom stereocenters. The highest BCUT2D eigenvalue weighted by atomic mass is 35.5. The molecule has 3 aromatic rings. The van der Waals surface area contributed by atoms with Crippen LogP contribution in [0.5, 0.6) is 5.88 Å². The molecule has 1 saturated heterocycles. The first kappa shape index (κ1) is 22.8. The van der Waals surface area contributed by atoms with Gasteiger partial charge in [0, 0.05) is 48.0 Å². The van der Waals surface area contributed by atoms with E-state index in [-0.39, 0.29) is 29.4 Å². The number of carbonyl (C=O) groups excluding carboxylic acids is 2. The number of likely N-dealkylation sites (N-methyl/N-ethyl adjacent to an activating group) is 1. The number of rotatable bonds is 5. The average molecular weight is 474 g/mol. The molecule has 1 aliphatic rings. The Bertz CT molecular complexity index is 1180. The minimum absolute atomic E-state index is 0.153. The van der Waals surface area contributed by atoms with E-state index >= 15 is 0 Å². The molecule has 10 heteroatoms. The fraction of sp³-hybridized carbons (Fsp3) is 0.348. The first-order chi connectivity index (χ1) is 15.9. The van der Waals surface area contributed by atoms with Crippen molar-refractivity contribution in [3.05, 3.63) is 58.6 Å². The van der Waals surface area contributed by atoms with Gasteiger partial charge >= 0.3 is 6.03 Å². The van der Waals surface area contributed by atoms with Gasteiger partial charge in [0.25, 0.3) is 5.91 Å². The van der Waals surface area contributed by atoms with Crippen LogP contribution < -0.4 is 10.1 Å². The molecule has 1 fully saturated rings. The normalized spacial score (nSPS) is 16.0. The van der Waals surface area contributed by atoms with Crippen molar-refractivity contribution in [2.24, 2.45) is 0 Å². The number of piperidine rings is 1. The van der Waals surface area contributed by atoms with Gasteiger partial charge in [0.05, 0.1) is 25.3 Å². The van der Waals surface area contributed by atoms with Crippen LogP contribution in [0.2, 0.25) is 5.02 Å². The number of hydrogen-bond acceptors (Lipinski definition) is 4. The summed E-state index contributed by atoms with van der Waals surface area (Å²) in [6.07, 6.45) is 2.81. The third-order valence-corrected chi connectivity index (χ3v) is 6.10. The molecule has 2 aromatic heterocycles. The summed E-state index contributed by atoms with van der Waals surface area (Å²) in [5.74, 6) is -1.16. The molecule has 3 heterocycles. The number of likely N-dealkylation sites (tertiary alicyclic amines) is 1. The molecule has 2 N–H and O–H groups in total. The highest BCUT2D eigenvalue weighted by Crippen LogP contribution is 2.21. The summed E-state index contributed by atoms with van der Waals surface area (Å²) in [6.45, 7) is 1.24. The van der Waals surface area contributed by atoms with Gasteiger partial charge in [-0.15, -0.1) is 0 Å². The molecule has 4 rings (SSSR count). The molecule has 1 aromatic carbocycles. The highest BCUT2D eigenvalue weighted by molar-refractivity contribution is 6.31. The van der Waals surface area contributed by atoms with Crippen molar-refractivity contribution in [2.45, 2.75) is 25.4 Å². The maximum atomic E-state index is 14.0. The largest absolute Gasteiger partial charge is 0.479 e. The second-order valence-corrected chi connectivity index (χ2v) is 8.49. The number of pyridine rings is 1. The van der Waals surface area contributed by atoms with Crippen LogP contribution in [0.25, 0.3) is 10.9 Å². The Hall–Kier alpha value is -3.33. The van der Waals surface area contributed by atoms with Crippen molar-refractivity contribution in [2.75, 3.05) is 27.2 Å². The molecule has 174 valence electrons. The molecule has 0 spiro atoms. The molecule has 0 saturated carbocycles. The molecular formula is C23H25ClFN5O3. The monoisotopic (exact) mass is 473 g/mol. The summed E-state index contributed by atoms with van der Waals surface area (Å²) in [4.78, 5) is 35.9. The predicted molar refractivity (Wildman–Crippen MR) is 123 cm³/mol. The third-order valence-electron chi connectivity index (χ3n) is 5.87. The summed E-state index contributed by atoms with van der Waals surface area (Å²) >= 11 is 6.03. The zero-order chi connectivity index (χ0) is 23.5. The minimum Gasteiger partial charge on any atom is -0.479 e. The number of nitrogens with one attached hydrogen (secondary N) is 2. The molecule has 8 nitrogen and oxygen atoms in total. The van der Waals surface area contributed by atoms with Gasteiger partial charge < -0.3 is 24.8 Å². The number of urea groups is 1. The third kappa shape index (κ3) is 5.03. The van der Waals surface area contributed by atoms with Gasteiger partial charge in [-0.05, 0) is 43.2 Å². The van der Waals surface area contributed by atoms with Gasteiger partial charge in [0.2, 0.25) is 5.88 Å². The lowest BCUT2D eigenvalue weighted by Crippen LogP contribution is -2.52. The van der Waals surface area contributed by atoms with Crippen LogP contribution in [0.1, 0.15) is 28.9 Å². The Balaban J connectivity index is 1.36. The first-order valence-corrected chi connectivity index (χ1v) is 11.0. The summed E-state index contributed by atoms with van der Waals surface area (Å²) in [6, 6.07) is 8.26. The van der Waals surface area contributed by atoms with Crippen LogP contribution in [0.15, 0.2) is 36.5 Å². The number of methoxy groups -OCH3 is 1. The van der Waals surface area contributed by atoms with E-state index in [9.17, 15) is 14.0 Å². The lowest BCUT2D eigenvalue weighted by molar-refractivity contribution is 0.0635. The molecule has 33 heavy (non-hydrogen) atoms. The van der Waals surface area contributed by atoms with Gasteiger partial charge in [-0.25, -0.2) is 14.2 Å². The molecule has 3 amide bonds. The number of hydrogen-bond donors (Lipinski definition) is 2. The topological polar surface area (TPSA) is 90.6 Å². The van der Waals surface area contributed by atoms with E-state index < -0.39 is 5.82 Å². The number of amides is 3. The SMILES string of the molecule is COc1ncc(C(=O)N2CCC[C@@H](N(C)C(=O)NCc3cc4cc(Cl)ccc4[nH]3)C2)cc1F. The van der Waals surface area contributed by atoms with Crippen LogP contribution >= 0.6 is 11.6 Å². The van der Waals surface area contributed by atoms with Gasteiger partial charge in [0.1, 0.15) is 0 Å². The van der Waals surface area contributed by atoms with Crippen molar-refractivity contribution in [1.29, 1.82) is 0 Å². The molecule has 0 radical (unpaired) electrons. The van der Waals surface area contributed by atoms with Crippen molar-refractivity contribution in [3.63, 3.8) is 0 Å². The van der Waals surface area contributed by atoms with E-state index in [1.54, 1.807) is 16.8 Å². The molecule has 0 unspecified atom stereocenters. The summed E-state index contributed by atoms with van der Waals surface area (Å²) in [7, 11) is 3.03. The average Bonchev–Trinajstić information content (AvgIpc) is 3.23. The Morgan fingerprint density at radius 1 is 1.36 bits per heavy atom.